The van der Waals surface area contributed by atoms with Gasteiger partial charge in [0.1, 0.15) is 28.8 Å². The second-order valence-corrected chi connectivity index (χ2v) is 8.20. The van der Waals surface area contributed by atoms with Gasteiger partial charge in [0.25, 0.3) is 5.91 Å². The van der Waals surface area contributed by atoms with Crippen molar-refractivity contribution in [1.29, 1.82) is 0 Å². The second kappa shape index (κ2) is 9.84. The fourth-order valence-electron chi connectivity index (χ4n) is 3.47. The van der Waals surface area contributed by atoms with Crippen LogP contribution in [0.1, 0.15) is 35.4 Å². The van der Waals surface area contributed by atoms with Crippen LogP contribution >= 0.6 is 11.3 Å². The summed E-state index contributed by atoms with van der Waals surface area (Å²) in [5.74, 6) is 1.09. The highest BCUT2D eigenvalue weighted by Gasteiger charge is 2.23. The van der Waals surface area contributed by atoms with Gasteiger partial charge in [-0.15, -0.1) is 11.3 Å². The summed E-state index contributed by atoms with van der Waals surface area (Å²) in [6.07, 6.45) is 4.33. The van der Waals surface area contributed by atoms with Gasteiger partial charge in [-0.3, -0.25) is 19.5 Å². The first-order valence-corrected chi connectivity index (χ1v) is 11.0. The summed E-state index contributed by atoms with van der Waals surface area (Å²) in [6, 6.07) is 7.52. The van der Waals surface area contributed by atoms with Crippen molar-refractivity contribution in [2.24, 2.45) is 0 Å². The van der Waals surface area contributed by atoms with Crippen LogP contribution in [0.5, 0.6) is 0 Å². The lowest BCUT2D eigenvalue weighted by Crippen LogP contribution is -2.35. The topological polar surface area (TPSA) is 88.8 Å². The molecule has 3 aromatic rings. The number of aromatic nitrogens is 2. The average Bonchev–Trinajstić information content (AvgIpc) is 3.38. The van der Waals surface area contributed by atoms with Gasteiger partial charge in [0.05, 0.1) is 6.54 Å². The summed E-state index contributed by atoms with van der Waals surface area (Å²) in [5.41, 5.74) is 1.46. The molecule has 1 saturated heterocycles. The standard InChI is InChI=1S/C22H24N4O4S/c1-16(27)29-14-19-4-3-18(30-19)13-25-9-2-10-26(12-11-25)22(28)20-15-31-21(24-20)17-5-7-23-8-6-17/h3-8,15H,2,9-14H2,1H3. The van der Waals surface area contributed by atoms with Crippen LogP contribution in [0.2, 0.25) is 0 Å². The summed E-state index contributed by atoms with van der Waals surface area (Å²) >= 11 is 1.47. The summed E-state index contributed by atoms with van der Waals surface area (Å²) in [5, 5.41) is 2.65. The molecule has 3 aromatic heterocycles. The monoisotopic (exact) mass is 440 g/mol. The largest absolute Gasteiger partial charge is 0.461 e. The maximum atomic E-state index is 13.0. The van der Waals surface area contributed by atoms with E-state index in [2.05, 4.69) is 14.9 Å². The third-order valence-electron chi connectivity index (χ3n) is 5.04. The average molecular weight is 441 g/mol. The van der Waals surface area contributed by atoms with Crippen molar-refractivity contribution >= 4 is 23.2 Å². The van der Waals surface area contributed by atoms with Crippen LogP contribution in [0.4, 0.5) is 0 Å². The number of carbonyl (C=O) groups excluding carboxylic acids is 2. The normalized spacial score (nSPS) is 14.9. The minimum Gasteiger partial charge on any atom is -0.461 e. The highest BCUT2D eigenvalue weighted by molar-refractivity contribution is 7.13. The Morgan fingerprint density at radius 1 is 1.10 bits per heavy atom. The Morgan fingerprint density at radius 2 is 1.90 bits per heavy atom. The minimum absolute atomic E-state index is 0.0277. The molecule has 0 unspecified atom stereocenters. The van der Waals surface area contributed by atoms with Gasteiger partial charge in [-0.05, 0) is 30.7 Å². The number of furan rings is 1. The number of thiazole rings is 1. The van der Waals surface area contributed by atoms with Crippen molar-refractivity contribution in [2.75, 3.05) is 26.2 Å². The Bertz CT molecular complexity index is 1030. The molecule has 4 heterocycles. The van der Waals surface area contributed by atoms with E-state index in [0.29, 0.717) is 31.1 Å². The molecular formula is C22H24N4O4S. The van der Waals surface area contributed by atoms with E-state index in [-0.39, 0.29) is 18.5 Å². The number of hydrogen-bond donors (Lipinski definition) is 0. The van der Waals surface area contributed by atoms with Crippen molar-refractivity contribution in [3.05, 3.63) is 59.3 Å². The van der Waals surface area contributed by atoms with Gasteiger partial charge in [0.15, 0.2) is 0 Å². The van der Waals surface area contributed by atoms with E-state index in [4.69, 9.17) is 9.15 Å². The fraction of sp³-hybridized carbons (Fsp3) is 0.364. The van der Waals surface area contributed by atoms with Crippen LogP contribution in [0, 0.1) is 0 Å². The molecule has 0 N–H and O–H groups in total. The van der Waals surface area contributed by atoms with E-state index in [1.54, 1.807) is 12.4 Å². The van der Waals surface area contributed by atoms with E-state index >= 15 is 0 Å². The zero-order valence-corrected chi connectivity index (χ0v) is 18.1. The van der Waals surface area contributed by atoms with E-state index in [9.17, 15) is 9.59 Å². The third kappa shape index (κ3) is 5.56. The lowest BCUT2D eigenvalue weighted by atomic mass is 10.3. The van der Waals surface area contributed by atoms with Gasteiger partial charge in [0, 0.05) is 56.4 Å². The molecule has 0 aromatic carbocycles. The summed E-state index contributed by atoms with van der Waals surface area (Å²) in [6.45, 7) is 5.16. The van der Waals surface area contributed by atoms with E-state index in [1.807, 2.05) is 34.5 Å². The smallest absolute Gasteiger partial charge is 0.303 e. The second-order valence-electron chi connectivity index (χ2n) is 7.34. The van der Waals surface area contributed by atoms with Crippen LogP contribution < -0.4 is 0 Å². The third-order valence-corrected chi connectivity index (χ3v) is 5.93. The Balaban J connectivity index is 1.32. The number of rotatable bonds is 6. The summed E-state index contributed by atoms with van der Waals surface area (Å²) < 4.78 is 10.7. The van der Waals surface area contributed by atoms with Gasteiger partial charge >= 0.3 is 5.97 Å². The molecule has 31 heavy (non-hydrogen) atoms. The Hall–Kier alpha value is -3.04. The van der Waals surface area contributed by atoms with Crippen LogP contribution in [0.25, 0.3) is 10.6 Å². The molecular weight excluding hydrogens is 416 g/mol. The highest BCUT2D eigenvalue weighted by atomic mass is 32.1. The highest BCUT2D eigenvalue weighted by Crippen LogP contribution is 2.24. The quantitative estimate of drug-likeness (QED) is 0.544. The molecule has 1 fully saturated rings. The zero-order chi connectivity index (χ0) is 21.6. The lowest BCUT2D eigenvalue weighted by molar-refractivity contribution is -0.142. The van der Waals surface area contributed by atoms with Gasteiger partial charge < -0.3 is 14.1 Å². The van der Waals surface area contributed by atoms with Crippen LogP contribution in [-0.4, -0.2) is 57.8 Å². The van der Waals surface area contributed by atoms with Crippen LogP contribution in [0.15, 0.2) is 46.5 Å². The molecule has 0 aliphatic carbocycles. The lowest BCUT2D eigenvalue weighted by Gasteiger charge is -2.20. The SMILES string of the molecule is CC(=O)OCc1ccc(CN2CCCN(C(=O)c3csc(-c4ccncc4)n3)CC2)o1. The van der Waals surface area contributed by atoms with E-state index in [1.165, 1.54) is 18.3 Å². The predicted octanol–water partition coefficient (Wildman–Crippen LogP) is 3.21. The van der Waals surface area contributed by atoms with Gasteiger partial charge in [-0.2, -0.15) is 0 Å². The molecule has 0 atom stereocenters. The molecule has 1 amide bonds. The number of hydrogen-bond acceptors (Lipinski definition) is 8. The van der Waals surface area contributed by atoms with Gasteiger partial charge in [-0.1, -0.05) is 0 Å². The molecule has 0 radical (unpaired) electrons. The molecule has 162 valence electrons. The molecule has 1 aliphatic rings. The Labute approximate surface area is 184 Å². The molecule has 8 nitrogen and oxygen atoms in total. The maximum absolute atomic E-state index is 13.0. The number of esters is 1. The molecule has 1 aliphatic heterocycles. The summed E-state index contributed by atoms with van der Waals surface area (Å²) in [4.78, 5) is 36.6. The molecule has 4 rings (SSSR count). The molecule has 0 saturated carbocycles. The Kier molecular flexibility index (Phi) is 6.73. The van der Waals surface area contributed by atoms with Gasteiger partial charge in [0.2, 0.25) is 0 Å². The molecule has 0 bridgehead atoms. The van der Waals surface area contributed by atoms with E-state index < -0.39 is 0 Å². The van der Waals surface area contributed by atoms with Crippen molar-refractivity contribution in [3.8, 4) is 10.6 Å². The first-order chi connectivity index (χ1) is 15.1. The molecule has 0 spiro atoms. The first kappa shape index (κ1) is 21.2. The van der Waals surface area contributed by atoms with Crippen molar-refractivity contribution < 1.29 is 18.7 Å². The van der Waals surface area contributed by atoms with Gasteiger partial charge in [-0.25, -0.2) is 4.98 Å². The summed E-state index contributed by atoms with van der Waals surface area (Å²) in [7, 11) is 0. The van der Waals surface area contributed by atoms with Crippen molar-refractivity contribution in [3.63, 3.8) is 0 Å². The Morgan fingerprint density at radius 3 is 2.71 bits per heavy atom. The van der Waals surface area contributed by atoms with Crippen molar-refractivity contribution in [2.45, 2.75) is 26.5 Å². The number of pyridine rings is 1. The number of amides is 1. The minimum atomic E-state index is -0.330. The zero-order valence-electron chi connectivity index (χ0n) is 17.3. The van der Waals surface area contributed by atoms with Crippen molar-refractivity contribution in [1.82, 2.24) is 19.8 Å². The predicted molar refractivity (Wildman–Crippen MR) is 115 cm³/mol. The molecule has 9 heteroatoms. The van der Waals surface area contributed by atoms with Crippen LogP contribution in [0.3, 0.4) is 0 Å². The first-order valence-electron chi connectivity index (χ1n) is 10.2. The number of nitrogens with zero attached hydrogens (tertiary/aromatic N) is 4. The maximum Gasteiger partial charge on any atom is 0.303 e. The number of ether oxygens (including phenoxy) is 1. The van der Waals surface area contributed by atoms with Crippen LogP contribution in [-0.2, 0) is 22.7 Å². The fourth-order valence-corrected chi connectivity index (χ4v) is 4.27. The van der Waals surface area contributed by atoms with E-state index in [0.717, 1.165) is 35.8 Å². The number of carbonyl (C=O) groups is 2.